The maximum atomic E-state index is 11.8. The van der Waals surface area contributed by atoms with Gasteiger partial charge in [0, 0.05) is 18.3 Å². The van der Waals surface area contributed by atoms with E-state index < -0.39 is 5.97 Å². The number of hydrogen-bond donors (Lipinski definition) is 2. The summed E-state index contributed by atoms with van der Waals surface area (Å²) in [6.07, 6.45) is 0.991. The zero-order valence-electron chi connectivity index (χ0n) is 13.0. The second kappa shape index (κ2) is 7.40. The molecule has 0 unspecified atom stereocenters. The molecule has 0 spiro atoms. The van der Waals surface area contributed by atoms with Gasteiger partial charge in [0.1, 0.15) is 5.82 Å². The van der Waals surface area contributed by atoms with Crippen molar-refractivity contribution in [1.29, 1.82) is 0 Å². The number of carbonyl (C=O) groups excluding carboxylic acids is 1. The predicted molar refractivity (Wildman–Crippen MR) is 86.6 cm³/mol. The van der Waals surface area contributed by atoms with Crippen LogP contribution in [0.2, 0.25) is 0 Å². The number of esters is 1. The Labute approximate surface area is 129 Å². The number of benzene rings is 1. The van der Waals surface area contributed by atoms with E-state index in [9.17, 15) is 4.79 Å². The van der Waals surface area contributed by atoms with Gasteiger partial charge in [-0.2, -0.15) is 4.98 Å². The van der Waals surface area contributed by atoms with Gasteiger partial charge in [0.15, 0.2) is 0 Å². The Morgan fingerprint density at radius 1 is 1.27 bits per heavy atom. The van der Waals surface area contributed by atoms with E-state index in [1.54, 1.807) is 12.1 Å². The molecular formula is C16H20N4O2. The number of nitrogens with zero attached hydrogens (tertiary/aromatic N) is 2. The third-order valence-corrected chi connectivity index (χ3v) is 2.98. The van der Waals surface area contributed by atoms with Crippen LogP contribution in [0.5, 0.6) is 0 Å². The van der Waals surface area contributed by atoms with Crippen LogP contribution >= 0.6 is 0 Å². The van der Waals surface area contributed by atoms with E-state index in [4.69, 9.17) is 4.74 Å². The number of anilines is 3. The van der Waals surface area contributed by atoms with Gasteiger partial charge in [-0.3, -0.25) is 0 Å². The van der Waals surface area contributed by atoms with Crippen molar-refractivity contribution in [3.8, 4) is 0 Å². The molecule has 0 saturated heterocycles. The van der Waals surface area contributed by atoms with Crippen LogP contribution < -0.4 is 10.6 Å². The fraction of sp³-hybridized carbons (Fsp3) is 0.312. The Morgan fingerprint density at radius 2 is 2.05 bits per heavy atom. The van der Waals surface area contributed by atoms with Crippen LogP contribution in [0.15, 0.2) is 30.3 Å². The van der Waals surface area contributed by atoms with Gasteiger partial charge in [-0.25, -0.2) is 9.78 Å². The smallest absolute Gasteiger partial charge is 0.339 e. The first kappa shape index (κ1) is 15.8. The van der Waals surface area contributed by atoms with Crippen LogP contribution in [-0.2, 0) is 4.74 Å². The van der Waals surface area contributed by atoms with E-state index in [0.717, 1.165) is 18.7 Å². The normalized spacial score (nSPS) is 10.1. The summed E-state index contributed by atoms with van der Waals surface area (Å²) in [4.78, 5) is 20.5. The fourth-order valence-electron chi connectivity index (χ4n) is 1.97. The topological polar surface area (TPSA) is 76.1 Å². The van der Waals surface area contributed by atoms with Gasteiger partial charge in [-0.15, -0.1) is 0 Å². The summed E-state index contributed by atoms with van der Waals surface area (Å²) in [5.74, 6) is 0.806. The Morgan fingerprint density at radius 3 is 2.77 bits per heavy atom. The van der Waals surface area contributed by atoms with Gasteiger partial charge in [0.05, 0.1) is 18.4 Å². The third kappa shape index (κ3) is 3.94. The van der Waals surface area contributed by atoms with Crippen LogP contribution in [-0.4, -0.2) is 29.6 Å². The molecule has 2 N–H and O–H groups in total. The van der Waals surface area contributed by atoms with Crippen molar-refractivity contribution in [1.82, 2.24) is 9.97 Å². The molecule has 0 atom stereocenters. The molecule has 116 valence electrons. The minimum atomic E-state index is -0.391. The lowest BCUT2D eigenvalue weighted by Crippen LogP contribution is -2.09. The van der Waals surface area contributed by atoms with Gasteiger partial charge >= 0.3 is 5.97 Å². The second-order valence-electron chi connectivity index (χ2n) is 4.81. The Kier molecular flexibility index (Phi) is 5.30. The predicted octanol–water partition coefficient (Wildman–Crippen LogP) is 3.14. The molecule has 6 heteroatoms. The number of aromatic nitrogens is 2. The maximum Gasteiger partial charge on any atom is 0.339 e. The molecule has 2 rings (SSSR count). The second-order valence-corrected chi connectivity index (χ2v) is 4.81. The van der Waals surface area contributed by atoms with Gasteiger partial charge in [-0.1, -0.05) is 19.1 Å². The highest BCUT2D eigenvalue weighted by molar-refractivity contribution is 5.96. The average molecular weight is 300 g/mol. The molecule has 0 radical (unpaired) electrons. The number of carbonyl (C=O) groups is 1. The van der Waals surface area contributed by atoms with Crippen LogP contribution in [0.1, 0.15) is 29.4 Å². The Hall–Kier alpha value is -2.63. The van der Waals surface area contributed by atoms with Crippen molar-refractivity contribution in [2.24, 2.45) is 0 Å². The molecule has 6 nitrogen and oxygen atoms in total. The van der Waals surface area contributed by atoms with E-state index in [1.807, 2.05) is 25.1 Å². The molecule has 0 aliphatic carbocycles. The van der Waals surface area contributed by atoms with Gasteiger partial charge in [-0.05, 0) is 25.5 Å². The van der Waals surface area contributed by atoms with Crippen molar-refractivity contribution in [2.45, 2.75) is 20.3 Å². The lowest BCUT2D eigenvalue weighted by atomic mass is 10.2. The van der Waals surface area contributed by atoms with Crippen LogP contribution in [0.3, 0.4) is 0 Å². The van der Waals surface area contributed by atoms with Gasteiger partial charge < -0.3 is 15.4 Å². The largest absolute Gasteiger partial charge is 0.465 e. The molecule has 0 aliphatic heterocycles. The van der Waals surface area contributed by atoms with Crippen molar-refractivity contribution in [3.63, 3.8) is 0 Å². The number of ether oxygens (including phenoxy) is 1. The van der Waals surface area contributed by atoms with Crippen molar-refractivity contribution in [2.75, 3.05) is 24.3 Å². The fourth-order valence-corrected chi connectivity index (χ4v) is 1.97. The van der Waals surface area contributed by atoms with E-state index in [1.165, 1.54) is 7.11 Å². The minimum Gasteiger partial charge on any atom is -0.465 e. The molecule has 1 heterocycles. The summed E-state index contributed by atoms with van der Waals surface area (Å²) in [6, 6.07) is 8.97. The summed E-state index contributed by atoms with van der Waals surface area (Å²) in [6.45, 7) is 4.78. The monoisotopic (exact) mass is 300 g/mol. The highest BCUT2D eigenvalue weighted by Gasteiger charge is 2.12. The zero-order valence-corrected chi connectivity index (χ0v) is 13.0. The first-order valence-corrected chi connectivity index (χ1v) is 7.18. The SMILES string of the molecule is CCCNc1nc(C)cc(Nc2ccccc2C(=O)OC)n1. The van der Waals surface area contributed by atoms with Gasteiger partial charge in [0.25, 0.3) is 0 Å². The van der Waals surface area contributed by atoms with E-state index in [2.05, 4.69) is 27.5 Å². The van der Waals surface area contributed by atoms with Crippen LogP contribution in [0.4, 0.5) is 17.5 Å². The minimum absolute atomic E-state index is 0.391. The Balaban J connectivity index is 2.27. The summed E-state index contributed by atoms with van der Waals surface area (Å²) in [5, 5.41) is 6.31. The van der Waals surface area contributed by atoms with Crippen molar-refractivity contribution >= 4 is 23.4 Å². The molecule has 2 aromatic rings. The highest BCUT2D eigenvalue weighted by Crippen LogP contribution is 2.21. The summed E-state index contributed by atoms with van der Waals surface area (Å²) >= 11 is 0. The Bertz CT molecular complexity index is 658. The number of nitrogens with one attached hydrogen (secondary N) is 2. The zero-order chi connectivity index (χ0) is 15.9. The van der Waals surface area contributed by atoms with E-state index in [-0.39, 0.29) is 0 Å². The molecule has 0 saturated carbocycles. The van der Waals surface area contributed by atoms with Crippen molar-refractivity contribution in [3.05, 3.63) is 41.6 Å². The number of hydrogen-bond acceptors (Lipinski definition) is 6. The highest BCUT2D eigenvalue weighted by atomic mass is 16.5. The molecule has 1 aromatic heterocycles. The molecular weight excluding hydrogens is 280 g/mol. The number of methoxy groups -OCH3 is 1. The molecule has 0 fully saturated rings. The first-order chi connectivity index (χ1) is 10.6. The van der Waals surface area contributed by atoms with Gasteiger partial charge in [0.2, 0.25) is 5.95 Å². The summed E-state index contributed by atoms with van der Waals surface area (Å²) in [7, 11) is 1.36. The lowest BCUT2D eigenvalue weighted by molar-refractivity contribution is 0.0602. The number of aryl methyl sites for hydroxylation is 1. The molecule has 22 heavy (non-hydrogen) atoms. The standard InChI is InChI=1S/C16H20N4O2/c1-4-9-17-16-18-11(2)10-14(20-16)19-13-8-6-5-7-12(13)15(21)22-3/h5-8,10H,4,9H2,1-3H3,(H2,17,18,19,20). The molecule has 0 aliphatic rings. The average Bonchev–Trinajstić information content (AvgIpc) is 2.52. The first-order valence-electron chi connectivity index (χ1n) is 7.18. The lowest BCUT2D eigenvalue weighted by Gasteiger charge is -2.12. The maximum absolute atomic E-state index is 11.8. The quantitative estimate of drug-likeness (QED) is 0.798. The van der Waals surface area contributed by atoms with Crippen LogP contribution in [0.25, 0.3) is 0 Å². The molecule has 1 aromatic carbocycles. The van der Waals surface area contributed by atoms with Crippen molar-refractivity contribution < 1.29 is 9.53 Å². The van der Waals surface area contributed by atoms with E-state index >= 15 is 0 Å². The molecule has 0 amide bonds. The number of para-hydroxylation sites is 1. The summed E-state index contributed by atoms with van der Waals surface area (Å²) in [5.41, 5.74) is 1.95. The molecule has 0 bridgehead atoms. The third-order valence-electron chi connectivity index (χ3n) is 2.98. The summed E-state index contributed by atoms with van der Waals surface area (Å²) < 4.78 is 4.79. The van der Waals surface area contributed by atoms with Crippen LogP contribution in [0, 0.1) is 6.92 Å². The van der Waals surface area contributed by atoms with E-state index in [0.29, 0.717) is 23.0 Å². The number of rotatable bonds is 6.